The highest BCUT2D eigenvalue weighted by Crippen LogP contribution is 2.33. The first-order valence-corrected chi connectivity index (χ1v) is 11.7. The number of ether oxygens (including phenoxy) is 1. The molecule has 0 spiro atoms. The zero-order chi connectivity index (χ0) is 21.4. The van der Waals surface area contributed by atoms with Crippen LogP contribution in [0.25, 0.3) is 10.3 Å². The summed E-state index contributed by atoms with van der Waals surface area (Å²) in [5, 5.41) is 0.731. The van der Waals surface area contributed by atoms with Crippen LogP contribution in [0.4, 0.5) is 5.13 Å². The molecule has 7 nitrogen and oxygen atoms in total. The molecule has 0 radical (unpaired) electrons. The molecule has 31 heavy (non-hydrogen) atoms. The molecule has 4 heterocycles. The Morgan fingerprint density at radius 3 is 2.84 bits per heavy atom. The van der Waals surface area contributed by atoms with Crippen molar-refractivity contribution in [3.63, 3.8) is 0 Å². The van der Waals surface area contributed by atoms with Crippen molar-refractivity contribution in [1.82, 2.24) is 14.5 Å². The molecule has 2 aliphatic rings. The van der Waals surface area contributed by atoms with Gasteiger partial charge in [-0.1, -0.05) is 41.7 Å². The second kappa shape index (κ2) is 8.51. The Balaban J connectivity index is 1.39. The van der Waals surface area contributed by atoms with Gasteiger partial charge >= 0.3 is 0 Å². The van der Waals surface area contributed by atoms with E-state index in [4.69, 9.17) is 9.72 Å². The van der Waals surface area contributed by atoms with Crippen LogP contribution in [-0.2, 0) is 23.0 Å². The summed E-state index contributed by atoms with van der Waals surface area (Å²) in [6.07, 6.45) is 3.93. The molecule has 8 heteroatoms. The summed E-state index contributed by atoms with van der Waals surface area (Å²) >= 11 is 1.42. The van der Waals surface area contributed by atoms with Gasteiger partial charge in [-0.05, 0) is 31.2 Å². The van der Waals surface area contributed by atoms with Crippen LogP contribution in [0, 0.1) is 0 Å². The highest BCUT2D eigenvalue weighted by atomic mass is 32.1. The second-order valence-corrected chi connectivity index (χ2v) is 9.30. The third-order valence-electron chi connectivity index (χ3n) is 6.33. The Morgan fingerprint density at radius 1 is 1.23 bits per heavy atom. The maximum Gasteiger partial charge on any atom is 0.280 e. The summed E-state index contributed by atoms with van der Waals surface area (Å²) in [4.78, 5) is 38.1. The van der Waals surface area contributed by atoms with Gasteiger partial charge in [-0.25, -0.2) is 9.97 Å². The van der Waals surface area contributed by atoms with E-state index < -0.39 is 0 Å². The topological polar surface area (TPSA) is 77.3 Å². The lowest BCUT2D eigenvalue weighted by molar-refractivity contribution is -0.120. The molecule has 2 saturated heterocycles. The maximum absolute atomic E-state index is 13.0. The van der Waals surface area contributed by atoms with E-state index in [-0.39, 0.29) is 23.3 Å². The van der Waals surface area contributed by atoms with Crippen LogP contribution in [0.5, 0.6) is 0 Å². The Morgan fingerprint density at radius 2 is 2.06 bits per heavy atom. The fourth-order valence-corrected chi connectivity index (χ4v) is 5.61. The third-order valence-corrected chi connectivity index (χ3v) is 7.32. The van der Waals surface area contributed by atoms with Gasteiger partial charge < -0.3 is 9.64 Å². The van der Waals surface area contributed by atoms with Crippen LogP contribution in [0.2, 0.25) is 0 Å². The van der Waals surface area contributed by atoms with E-state index in [1.165, 1.54) is 16.9 Å². The van der Waals surface area contributed by atoms with Gasteiger partial charge in [-0.3, -0.25) is 14.2 Å². The van der Waals surface area contributed by atoms with E-state index in [9.17, 15) is 9.59 Å². The number of aryl methyl sites for hydroxylation is 1. The smallest absolute Gasteiger partial charge is 0.280 e. The predicted molar refractivity (Wildman–Crippen MR) is 121 cm³/mol. The first-order chi connectivity index (χ1) is 15.1. The van der Waals surface area contributed by atoms with Gasteiger partial charge in [-0.2, -0.15) is 0 Å². The minimum atomic E-state index is -0.171. The number of carbonyl (C=O) groups is 1. The van der Waals surface area contributed by atoms with Gasteiger partial charge in [-0.15, -0.1) is 0 Å². The molecular formula is C23H26N4O3S. The zero-order valence-corrected chi connectivity index (χ0v) is 18.4. The van der Waals surface area contributed by atoms with E-state index in [1.54, 1.807) is 11.6 Å². The fourth-order valence-electron chi connectivity index (χ4n) is 4.59. The minimum absolute atomic E-state index is 0.124. The van der Waals surface area contributed by atoms with Crippen LogP contribution in [0.1, 0.15) is 43.0 Å². The molecule has 0 N–H and O–H groups in total. The Labute approximate surface area is 184 Å². The van der Waals surface area contributed by atoms with Gasteiger partial charge in [0.05, 0.1) is 12.6 Å². The number of carbonyl (C=O) groups excluding carboxylic acids is 1. The predicted octanol–water partition coefficient (Wildman–Crippen LogP) is 3.06. The van der Waals surface area contributed by atoms with Gasteiger partial charge in [0, 0.05) is 32.5 Å². The molecule has 162 valence electrons. The SMILES string of the molecule is Cn1c(C2CCOC2)nc2sc(N3CCC[C@@H]3C(=O)CCc3ccccc3)nc2c1=O. The number of nitrogens with zero attached hydrogens (tertiary/aromatic N) is 4. The number of hydrogen-bond donors (Lipinski definition) is 0. The highest BCUT2D eigenvalue weighted by molar-refractivity contribution is 7.21. The molecular weight excluding hydrogens is 412 g/mol. The van der Waals surface area contributed by atoms with Crippen LogP contribution in [0.3, 0.4) is 0 Å². The van der Waals surface area contributed by atoms with E-state index >= 15 is 0 Å². The summed E-state index contributed by atoms with van der Waals surface area (Å²) in [7, 11) is 1.76. The monoisotopic (exact) mass is 438 g/mol. The molecule has 0 bridgehead atoms. The lowest BCUT2D eigenvalue weighted by Gasteiger charge is -2.22. The Bertz CT molecular complexity index is 1150. The number of fused-ring (bicyclic) bond motifs is 1. The molecule has 2 fully saturated rings. The number of thiazole rings is 1. The number of aromatic nitrogens is 3. The fraction of sp³-hybridized carbons (Fsp3) is 0.478. The number of hydrogen-bond acceptors (Lipinski definition) is 7. The zero-order valence-electron chi connectivity index (χ0n) is 17.6. The van der Waals surface area contributed by atoms with Crippen molar-refractivity contribution in [3.05, 3.63) is 52.1 Å². The average molecular weight is 439 g/mol. The molecule has 1 aromatic carbocycles. The van der Waals surface area contributed by atoms with Gasteiger partial charge in [0.25, 0.3) is 5.56 Å². The number of ketones is 1. The molecule has 5 rings (SSSR count). The summed E-state index contributed by atoms with van der Waals surface area (Å²) < 4.78 is 7.10. The van der Waals surface area contributed by atoms with Crippen LogP contribution in [0.15, 0.2) is 35.1 Å². The Hall–Kier alpha value is -2.58. The van der Waals surface area contributed by atoms with Crippen molar-refractivity contribution in [2.75, 3.05) is 24.7 Å². The van der Waals surface area contributed by atoms with Gasteiger partial charge in [0.1, 0.15) is 5.82 Å². The normalized spacial score (nSPS) is 21.3. The van der Waals surface area contributed by atoms with Crippen molar-refractivity contribution in [1.29, 1.82) is 0 Å². The Kier molecular flexibility index (Phi) is 5.58. The van der Waals surface area contributed by atoms with Crippen molar-refractivity contribution in [2.45, 2.75) is 44.1 Å². The maximum atomic E-state index is 13.0. The summed E-state index contributed by atoms with van der Waals surface area (Å²) in [6.45, 7) is 2.08. The molecule has 2 aromatic heterocycles. The van der Waals surface area contributed by atoms with E-state index in [0.29, 0.717) is 30.0 Å². The van der Waals surface area contributed by atoms with E-state index in [0.717, 1.165) is 43.2 Å². The molecule has 0 amide bonds. The summed E-state index contributed by atoms with van der Waals surface area (Å²) in [5.41, 5.74) is 1.45. The lowest BCUT2D eigenvalue weighted by Crippen LogP contribution is -2.36. The molecule has 0 aliphatic carbocycles. The third kappa shape index (κ3) is 3.90. The highest BCUT2D eigenvalue weighted by Gasteiger charge is 2.33. The van der Waals surface area contributed by atoms with Crippen molar-refractivity contribution >= 4 is 32.6 Å². The summed E-state index contributed by atoms with van der Waals surface area (Å²) in [6, 6.07) is 9.94. The average Bonchev–Trinajstić information content (AvgIpc) is 3.55. The molecule has 1 unspecified atom stereocenters. The molecule has 2 aliphatic heterocycles. The molecule has 2 atom stereocenters. The number of rotatable bonds is 6. The molecule has 3 aromatic rings. The van der Waals surface area contributed by atoms with Gasteiger partial charge in [0.2, 0.25) is 0 Å². The van der Waals surface area contributed by atoms with Crippen LogP contribution in [-0.4, -0.2) is 46.1 Å². The van der Waals surface area contributed by atoms with Crippen LogP contribution >= 0.6 is 11.3 Å². The molecule has 0 saturated carbocycles. The minimum Gasteiger partial charge on any atom is -0.381 e. The van der Waals surface area contributed by atoms with E-state index in [1.807, 2.05) is 18.2 Å². The van der Waals surface area contributed by atoms with Crippen molar-refractivity contribution < 1.29 is 9.53 Å². The van der Waals surface area contributed by atoms with E-state index in [2.05, 4.69) is 22.0 Å². The quantitative estimate of drug-likeness (QED) is 0.589. The summed E-state index contributed by atoms with van der Waals surface area (Å²) in [5.74, 6) is 1.15. The second-order valence-electron chi connectivity index (χ2n) is 8.35. The first kappa shape index (κ1) is 20.3. The number of anilines is 1. The van der Waals surface area contributed by atoms with Crippen molar-refractivity contribution in [3.8, 4) is 0 Å². The first-order valence-electron chi connectivity index (χ1n) is 10.9. The number of benzene rings is 1. The van der Waals surface area contributed by atoms with Crippen molar-refractivity contribution in [2.24, 2.45) is 7.05 Å². The van der Waals surface area contributed by atoms with Crippen LogP contribution < -0.4 is 10.5 Å². The standard InChI is InChI=1S/C23H26N4O3S/c1-26-20(16-11-13-30-14-16)25-21-19(22(26)29)24-23(31-21)27-12-5-8-17(27)18(28)10-9-15-6-3-2-4-7-15/h2-4,6-7,16-17H,5,8-14H2,1H3/t16?,17-/m1/s1. The van der Waals surface area contributed by atoms with Gasteiger partial charge in [0.15, 0.2) is 21.3 Å². The largest absolute Gasteiger partial charge is 0.381 e. The number of Topliss-reactive ketones (excluding diaryl/α,β-unsaturated/α-hetero) is 1. The lowest BCUT2D eigenvalue weighted by atomic mass is 10.0.